The van der Waals surface area contributed by atoms with Crippen LogP contribution in [0.1, 0.15) is 12.5 Å². The van der Waals surface area contributed by atoms with Crippen LogP contribution in [0.4, 0.5) is 5.82 Å². The normalized spacial score (nSPS) is 10.0. The fraction of sp³-hybridized carbons (Fsp3) is 0.250. The van der Waals surface area contributed by atoms with Crippen molar-refractivity contribution in [3.63, 3.8) is 0 Å². The molecule has 0 radical (unpaired) electrons. The number of nitrogens with one attached hydrogen (secondary N) is 1. The molecule has 0 aliphatic heterocycles. The van der Waals surface area contributed by atoms with Crippen LogP contribution in [0.3, 0.4) is 0 Å². The first-order valence-electron chi connectivity index (χ1n) is 6.76. The monoisotopic (exact) mass is 286 g/mol. The van der Waals surface area contributed by atoms with E-state index in [0.717, 1.165) is 5.56 Å². The van der Waals surface area contributed by atoms with Gasteiger partial charge in [0.2, 0.25) is 0 Å². The van der Waals surface area contributed by atoms with Crippen LogP contribution >= 0.6 is 0 Å². The SMILES string of the molecule is CCOc1cccnc1NC(=O)COc1ccc(C)cc1. The van der Waals surface area contributed by atoms with Crippen LogP contribution in [0.2, 0.25) is 0 Å². The molecule has 110 valence electrons. The van der Waals surface area contributed by atoms with Crippen LogP contribution in [0.5, 0.6) is 11.5 Å². The zero-order valence-electron chi connectivity index (χ0n) is 12.1. The van der Waals surface area contributed by atoms with Crippen LogP contribution in [0.25, 0.3) is 0 Å². The summed E-state index contributed by atoms with van der Waals surface area (Å²) >= 11 is 0. The van der Waals surface area contributed by atoms with E-state index in [-0.39, 0.29) is 12.5 Å². The molecule has 1 aromatic heterocycles. The molecule has 0 spiro atoms. The van der Waals surface area contributed by atoms with Gasteiger partial charge in [-0.05, 0) is 38.1 Å². The van der Waals surface area contributed by atoms with Gasteiger partial charge in [-0.3, -0.25) is 4.79 Å². The van der Waals surface area contributed by atoms with Crippen molar-refractivity contribution in [1.29, 1.82) is 0 Å². The van der Waals surface area contributed by atoms with Gasteiger partial charge in [0.25, 0.3) is 5.91 Å². The van der Waals surface area contributed by atoms with E-state index in [1.54, 1.807) is 18.3 Å². The van der Waals surface area contributed by atoms with Crippen LogP contribution in [0.15, 0.2) is 42.6 Å². The molecule has 1 heterocycles. The highest BCUT2D eigenvalue weighted by Crippen LogP contribution is 2.20. The van der Waals surface area contributed by atoms with Gasteiger partial charge >= 0.3 is 0 Å². The Morgan fingerprint density at radius 1 is 1.19 bits per heavy atom. The second kappa shape index (κ2) is 7.28. The van der Waals surface area contributed by atoms with Crippen LogP contribution < -0.4 is 14.8 Å². The van der Waals surface area contributed by atoms with Gasteiger partial charge < -0.3 is 14.8 Å². The van der Waals surface area contributed by atoms with Crippen molar-refractivity contribution in [1.82, 2.24) is 4.98 Å². The molecule has 0 saturated carbocycles. The molecule has 21 heavy (non-hydrogen) atoms. The zero-order valence-corrected chi connectivity index (χ0v) is 12.1. The number of ether oxygens (including phenoxy) is 2. The summed E-state index contributed by atoms with van der Waals surface area (Å²) < 4.78 is 10.8. The fourth-order valence-electron chi connectivity index (χ4n) is 1.71. The maximum absolute atomic E-state index is 11.9. The number of nitrogens with zero attached hydrogens (tertiary/aromatic N) is 1. The van der Waals surface area contributed by atoms with E-state index in [1.807, 2.05) is 38.1 Å². The Labute approximate surface area is 123 Å². The van der Waals surface area contributed by atoms with Gasteiger partial charge in [-0.2, -0.15) is 0 Å². The predicted octanol–water partition coefficient (Wildman–Crippen LogP) is 2.81. The Hall–Kier alpha value is -2.56. The minimum absolute atomic E-state index is 0.0782. The van der Waals surface area contributed by atoms with Gasteiger partial charge in [0, 0.05) is 6.20 Å². The first kappa shape index (κ1) is 14.8. The third kappa shape index (κ3) is 4.49. The summed E-state index contributed by atoms with van der Waals surface area (Å²) in [6, 6.07) is 11.0. The van der Waals surface area contributed by atoms with E-state index in [4.69, 9.17) is 9.47 Å². The number of hydrogen-bond acceptors (Lipinski definition) is 4. The van der Waals surface area contributed by atoms with E-state index >= 15 is 0 Å². The van der Waals surface area contributed by atoms with Crippen LogP contribution in [-0.2, 0) is 4.79 Å². The van der Waals surface area contributed by atoms with E-state index in [0.29, 0.717) is 23.9 Å². The molecule has 0 fully saturated rings. The molecular formula is C16H18N2O3. The first-order valence-corrected chi connectivity index (χ1v) is 6.76. The lowest BCUT2D eigenvalue weighted by molar-refractivity contribution is -0.118. The molecule has 0 unspecified atom stereocenters. The molecule has 1 aromatic carbocycles. The molecule has 2 aromatic rings. The highest BCUT2D eigenvalue weighted by atomic mass is 16.5. The summed E-state index contributed by atoms with van der Waals surface area (Å²) in [5.74, 6) is 1.32. The predicted molar refractivity (Wildman–Crippen MR) is 80.7 cm³/mol. The number of pyridine rings is 1. The highest BCUT2D eigenvalue weighted by Gasteiger charge is 2.09. The third-order valence-electron chi connectivity index (χ3n) is 2.72. The van der Waals surface area contributed by atoms with Gasteiger partial charge in [-0.15, -0.1) is 0 Å². The molecule has 0 bridgehead atoms. The molecule has 5 nitrogen and oxygen atoms in total. The Kier molecular flexibility index (Phi) is 5.15. The molecule has 1 N–H and O–H groups in total. The third-order valence-corrected chi connectivity index (χ3v) is 2.72. The number of hydrogen-bond donors (Lipinski definition) is 1. The lowest BCUT2D eigenvalue weighted by Gasteiger charge is -2.10. The molecule has 0 aliphatic carbocycles. The average Bonchev–Trinajstić information content (AvgIpc) is 2.49. The van der Waals surface area contributed by atoms with E-state index < -0.39 is 0 Å². The largest absolute Gasteiger partial charge is 0.490 e. The van der Waals surface area contributed by atoms with Gasteiger partial charge in [-0.1, -0.05) is 17.7 Å². The number of carbonyl (C=O) groups excluding carboxylic acids is 1. The standard InChI is InChI=1S/C16H18N2O3/c1-3-20-14-5-4-10-17-16(14)18-15(19)11-21-13-8-6-12(2)7-9-13/h4-10H,3,11H2,1-2H3,(H,17,18,19). The van der Waals surface area contributed by atoms with Gasteiger partial charge in [-0.25, -0.2) is 4.98 Å². The smallest absolute Gasteiger partial charge is 0.263 e. The minimum atomic E-state index is -0.282. The summed E-state index contributed by atoms with van der Waals surface area (Å²) in [7, 11) is 0. The number of aryl methyl sites for hydroxylation is 1. The van der Waals surface area contributed by atoms with E-state index in [9.17, 15) is 4.79 Å². The van der Waals surface area contributed by atoms with Crippen molar-refractivity contribution in [2.45, 2.75) is 13.8 Å². The lowest BCUT2D eigenvalue weighted by atomic mass is 10.2. The molecule has 5 heteroatoms. The summed E-state index contributed by atoms with van der Waals surface area (Å²) in [5, 5.41) is 2.68. The Morgan fingerprint density at radius 2 is 1.95 bits per heavy atom. The number of aromatic nitrogens is 1. The number of benzene rings is 1. The van der Waals surface area contributed by atoms with Crippen molar-refractivity contribution < 1.29 is 14.3 Å². The molecule has 1 amide bonds. The second-order valence-corrected chi connectivity index (χ2v) is 4.43. The van der Waals surface area contributed by atoms with Crippen molar-refractivity contribution in [3.8, 4) is 11.5 Å². The van der Waals surface area contributed by atoms with Crippen LogP contribution in [-0.4, -0.2) is 24.1 Å². The topological polar surface area (TPSA) is 60.5 Å². The summed E-state index contributed by atoms with van der Waals surface area (Å²) in [4.78, 5) is 16.0. The van der Waals surface area contributed by atoms with Crippen molar-refractivity contribution in [2.75, 3.05) is 18.5 Å². The van der Waals surface area contributed by atoms with Crippen molar-refractivity contribution >= 4 is 11.7 Å². The second-order valence-electron chi connectivity index (χ2n) is 4.43. The number of carbonyl (C=O) groups is 1. The van der Waals surface area contributed by atoms with E-state index in [1.165, 1.54) is 0 Å². The average molecular weight is 286 g/mol. The summed E-state index contributed by atoms with van der Waals surface area (Å²) in [6.45, 7) is 4.30. The van der Waals surface area contributed by atoms with Gasteiger partial charge in [0.1, 0.15) is 5.75 Å². The lowest BCUT2D eigenvalue weighted by Crippen LogP contribution is -2.21. The maximum Gasteiger partial charge on any atom is 0.263 e. The van der Waals surface area contributed by atoms with E-state index in [2.05, 4.69) is 10.3 Å². The van der Waals surface area contributed by atoms with Crippen LogP contribution in [0, 0.1) is 6.92 Å². The molecule has 0 atom stereocenters. The molecule has 0 saturated heterocycles. The minimum Gasteiger partial charge on any atom is -0.490 e. The van der Waals surface area contributed by atoms with Crippen molar-refractivity contribution in [2.24, 2.45) is 0 Å². The number of anilines is 1. The van der Waals surface area contributed by atoms with Crippen molar-refractivity contribution in [3.05, 3.63) is 48.2 Å². The van der Waals surface area contributed by atoms with Gasteiger partial charge in [0.15, 0.2) is 18.2 Å². The first-order chi connectivity index (χ1) is 10.2. The molecular weight excluding hydrogens is 268 g/mol. The maximum atomic E-state index is 11.9. The quantitative estimate of drug-likeness (QED) is 0.887. The zero-order chi connectivity index (χ0) is 15.1. The number of rotatable bonds is 6. The molecule has 0 aliphatic rings. The summed E-state index contributed by atoms with van der Waals surface area (Å²) in [6.07, 6.45) is 1.60. The Bertz CT molecular complexity index is 597. The Balaban J connectivity index is 1.91. The fourth-order valence-corrected chi connectivity index (χ4v) is 1.71. The molecule has 2 rings (SSSR count). The van der Waals surface area contributed by atoms with Gasteiger partial charge in [0.05, 0.1) is 6.61 Å². The summed E-state index contributed by atoms with van der Waals surface area (Å²) in [5.41, 5.74) is 1.14. The highest BCUT2D eigenvalue weighted by molar-refractivity contribution is 5.92. The Morgan fingerprint density at radius 3 is 2.67 bits per heavy atom. The number of amides is 1.